The molecule has 112 valence electrons. The summed E-state index contributed by atoms with van der Waals surface area (Å²) in [7, 11) is 4.17. The summed E-state index contributed by atoms with van der Waals surface area (Å²) in [4.78, 5) is 3.46. The molecule has 3 heteroatoms. The molecule has 0 bridgehead atoms. The summed E-state index contributed by atoms with van der Waals surface area (Å²) in [5.74, 6) is 1.99. The Bertz CT molecular complexity index is 554. The molecule has 0 N–H and O–H groups in total. The lowest BCUT2D eigenvalue weighted by atomic mass is 10.2. The van der Waals surface area contributed by atoms with Gasteiger partial charge in [0.2, 0.25) is 0 Å². The molecule has 0 atom stereocenters. The van der Waals surface area contributed by atoms with Crippen LogP contribution >= 0.6 is 11.8 Å². The van der Waals surface area contributed by atoms with E-state index in [2.05, 4.69) is 67.5 Å². The van der Waals surface area contributed by atoms with Gasteiger partial charge in [-0.25, -0.2) is 0 Å². The Morgan fingerprint density at radius 2 is 1.81 bits per heavy atom. The minimum atomic E-state index is 0.705. The van der Waals surface area contributed by atoms with Gasteiger partial charge in [0.05, 0.1) is 6.61 Å². The summed E-state index contributed by atoms with van der Waals surface area (Å²) in [6.45, 7) is 3.63. The molecule has 0 radical (unpaired) electrons. The van der Waals surface area contributed by atoms with Crippen LogP contribution in [0.2, 0.25) is 0 Å². The van der Waals surface area contributed by atoms with E-state index in [0.717, 1.165) is 18.0 Å². The first-order chi connectivity index (χ1) is 10.2. The van der Waals surface area contributed by atoms with Crippen molar-refractivity contribution in [3.63, 3.8) is 0 Å². The fourth-order valence-electron chi connectivity index (χ4n) is 2.15. The van der Waals surface area contributed by atoms with Crippen LogP contribution in [0.5, 0.6) is 5.75 Å². The summed E-state index contributed by atoms with van der Waals surface area (Å²) in [6, 6.07) is 17.1. The van der Waals surface area contributed by atoms with Gasteiger partial charge in [0.15, 0.2) is 0 Å². The lowest BCUT2D eigenvalue weighted by Gasteiger charge is -2.15. The maximum absolute atomic E-state index is 5.72. The third-order valence-electron chi connectivity index (χ3n) is 3.07. The fraction of sp³-hybridized carbons (Fsp3) is 0.333. The van der Waals surface area contributed by atoms with Gasteiger partial charge in [-0.1, -0.05) is 30.3 Å². The molecule has 0 aliphatic rings. The van der Waals surface area contributed by atoms with Gasteiger partial charge < -0.3 is 9.64 Å². The first kappa shape index (κ1) is 15.9. The molecule has 2 rings (SSSR count). The second-order valence-electron chi connectivity index (χ2n) is 5.21. The molecule has 0 fully saturated rings. The van der Waals surface area contributed by atoms with Gasteiger partial charge in [0, 0.05) is 22.8 Å². The van der Waals surface area contributed by atoms with Crippen molar-refractivity contribution in [3.8, 4) is 5.75 Å². The zero-order valence-electron chi connectivity index (χ0n) is 13.0. The van der Waals surface area contributed by atoms with E-state index in [-0.39, 0.29) is 0 Å². The van der Waals surface area contributed by atoms with Crippen LogP contribution in [0.1, 0.15) is 18.1 Å². The van der Waals surface area contributed by atoms with E-state index in [1.54, 1.807) is 0 Å². The average molecular weight is 301 g/mol. The highest BCUT2D eigenvalue weighted by Gasteiger charge is 2.07. The maximum atomic E-state index is 5.72. The van der Waals surface area contributed by atoms with Gasteiger partial charge in [-0.2, -0.15) is 0 Å². The second-order valence-corrected chi connectivity index (χ2v) is 6.26. The van der Waals surface area contributed by atoms with Crippen molar-refractivity contribution in [1.29, 1.82) is 0 Å². The van der Waals surface area contributed by atoms with Crippen LogP contribution in [-0.4, -0.2) is 25.6 Å². The highest BCUT2D eigenvalue weighted by molar-refractivity contribution is 7.98. The molecule has 0 saturated carbocycles. The minimum Gasteiger partial charge on any atom is -0.494 e. The van der Waals surface area contributed by atoms with E-state index in [0.29, 0.717) is 6.61 Å². The van der Waals surface area contributed by atoms with Crippen LogP contribution < -0.4 is 4.74 Å². The van der Waals surface area contributed by atoms with Crippen LogP contribution in [0, 0.1) is 0 Å². The number of hydrogen-bond donors (Lipinski definition) is 0. The number of nitrogens with zero attached hydrogens (tertiary/aromatic N) is 1. The molecule has 2 aromatic rings. The zero-order chi connectivity index (χ0) is 15.1. The Kier molecular flexibility index (Phi) is 6.15. The molecule has 0 aliphatic heterocycles. The van der Waals surface area contributed by atoms with Crippen molar-refractivity contribution in [3.05, 3.63) is 59.7 Å². The van der Waals surface area contributed by atoms with Gasteiger partial charge in [0.1, 0.15) is 5.75 Å². The minimum absolute atomic E-state index is 0.705. The van der Waals surface area contributed by atoms with E-state index in [1.807, 2.05) is 18.7 Å². The highest BCUT2D eigenvalue weighted by atomic mass is 32.2. The lowest BCUT2D eigenvalue weighted by molar-refractivity contribution is 0.324. The van der Waals surface area contributed by atoms with Crippen molar-refractivity contribution in [2.75, 3.05) is 20.7 Å². The van der Waals surface area contributed by atoms with Crippen LogP contribution in [0.25, 0.3) is 0 Å². The van der Waals surface area contributed by atoms with Crippen molar-refractivity contribution in [2.24, 2.45) is 0 Å². The Labute approximate surface area is 132 Å². The summed E-state index contributed by atoms with van der Waals surface area (Å²) >= 11 is 1.87. The van der Waals surface area contributed by atoms with Crippen LogP contribution in [0.15, 0.2) is 53.4 Å². The first-order valence-electron chi connectivity index (χ1n) is 7.26. The third kappa shape index (κ3) is 5.10. The van der Waals surface area contributed by atoms with E-state index < -0.39 is 0 Å². The van der Waals surface area contributed by atoms with Crippen LogP contribution in [-0.2, 0) is 12.3 Å². The normalized spacial score (nSPS) is 10.9. The fourth-order valence-corrected chi connectivity index (χ4v) is 3.06. The number of thioether (sulfide) groups is 1. The second kappa shape index (κ2) is 8.11. The predicted octanol–water partition coefficient (Wildman–Crippen LogP) is 4.44. The lowest BCUT2D eigenvalue weighted by Crippen LogP contribution is -2.12. The molecule has 0 aromatic heterocycles. The van der Waals surface area contributed by atoms with Crippen LogP contribution in [0.4, 0.5) is 0 Å². The van der Waals surface area contributed by atoms with Crippen molar-refractivity contribution in [1.82, 2.24) is 4.90 Å². The van der Waals surface area contributed by atoms with Crippen LogP contribution in [0.3, 0.4) is 0 Å². The summed E-state index contributed by atoms with van der Waals surface area (Å²) in [5.41, 5.74) is 2.60. The Hall–Kier alpha value is -1.45. The topological polar surface area (TPSA) is 12.5 Å². The number of hydrogen-bond acceptors (Lipinski definition) is 3. The molecule has 21 heavy (non-hydrogen) atoms. The van der Waals surface area contributed by atoms with E-state index >= 15 is 0 Å². The molecule has 2 nitrogen and oxygen atoms in total. The Morgan fingerprint density at radius 1 is 1.05 bits per heavy atom. The number of rotatable bonds is 7. The van der Waals surface area contributed by atoms with Gasteiger partial charge in [-0.05, 0) is 44.8 Å². The van der Waals surface area contributed by atoms with E-state index in [1.165, 1.54) is 16.0 Å². The predicted molar refractivity (Wildman–Crippen MR) is 91.0 cm³/mol. The molecule has 0 aliphatic carbocycles. The van der Waals surface area contributed by atoms with Crippen molar-refractivity contribution >= 4 is 11.8 Å². The smallest absolute Gasteiger partial charge is 0.123 e. The van der Waals surface area contributed by atoms with E-state index in [4.69, 9.17) is 4.74 Å². The van der Waals surface area contributed by atoms with Gasteiger partial charge in [-0.3, -0.25) is 0 Å². The zero-order valence-corrected chi connectivity index (χ0v) is 13.8. The van der Waals surface area contributed by atoms with Crippen molar-refractivity contribution < 1.29 is 4.74 Å². The number of ether oxygens (including phenoxy) is 1. The van der Waals surface area contributed by atoms with Gasteiger partial charge in [0.25, 0.3) is 0 Å². The molecule has 0 amide bonds. The Balaban J connectivity index is 2.09. The average Bonchev–Trinajstić information content (AvgIpc) is 2.48. The Morgan fingerprint density at radius 3 is 2.48 bits per heavy atom. The largest absolute Gasteiger partial charge is 0.494 e. The SMILES string of the molecule is CCOc1ccc(SCc2ccccc2)cc1CN(C)C. The molecule has 0 heterocycles. The summed E-state index contributed by atoms with van der Waals surface area (Å²) in [6.07, 6.45) is 0. The molecular formula is C18H23NOS. The third-order valence-corrected chi connectivity index (χ3v) is 4.13. The molecule has 0 spiro atoms. The molecular weight excluding hydrogens is 278 g/mol. The van der Waals surface area contributed by atoms with Gasteiger partial charge >= 0.3 is 0 Å². The standard InChI is InChI=1S/C18H23NOS/c1-4-20-18-11-10-17(12-16(18)13-19(2)3)21-14-15-8-6-5-7-9-15/h5-12H,4,13-14H2,1-3H3. The molecule has 0 saturated heterocycles. The quantitative estimate of drug-likeness (QED) is 0.702. The van der Waals surface area contributed by atoms with Gasteiger partial charge in [-0.15, -0.1) is 11.8 Å². The summed E-state index contributed by atoms with van der Waals surface area (Å²) in [5, 5.41) is 0. The summed E-state index contributed by atoms with van der Waals surface area (Å²) < 4.78 is 5.72. The maximum Gasteiger partial charge on any atom is 0.123 e. The molecule has 0 unspecified atom stereocenters. The molecule has 2 aromatic carbocycles. The highest BCUT2D eigenvalue weighted by Crippen LogP contribution is 2.29. The first-order valence-corrected chi connectivity index (χ1v) is 8.24. The van der Waals surface area contributed by atoms with Crippen molar-refractivity contribution in [2.45, 2.75) is 24.1 Å². The number of benzene rings is 2. The monoisotopic (exact) mass is 301 g/mol. The van der Waals surface area contributed by atoms with E-state index in [9.17, 15) is 0 Å².